The van der Waals surface area contributed by atoms with Crippen molar-refractivity contribution < 1.29 is 4.79 Å². The van der Waals surface area contributed by atoms with Gasteiger partial charge < -0.3 is 10.3 Å². The quantitative estimate of drug-likeness (QED) is 0.635. The first-order valence-electron chi connectivity index (χ1n) is 8.84. The number of amides is 1. The third-order valence-electron chi connectivity index (χ3n) is 4.99. The van der Waals surface area contributed by atoms with E-state index in [-0.39, 0.29) is 11.9 Å². The van der Waals surface area contributed by atoms with Crippen molar-refractivity contribution in [1.29, 1.82) is 0 Å². The molecule has 0 spiro atoms. The Hall–Kier alpha value is -2.07. The fraction of sp³-hybridized carbons (Fsp3) is 0.286. The average Bonchev–Trinajstić information content (AvgIpc) is 3.00. The van der Waals surface area contributed by atoms with Gasteiger partial charge in [0, 0.05) is 27.5 Å². The molecule has 4 rings (SSSR count). The van der Waals surface area contributed by atoms with E-state index in [9.17, 15) is 4.79 Å². The molecule has 1 atom stereocenters. The van der Waals surface area contributed by atoms with Crippen molar-refractivity contribution in [2.24, 2.45) is 0 Å². The molecule has 1 heterocycles. The van der Waals surface area contributed by atoms with Crippen LogP contribution in [0.25, 0.3) is 10.9 Å². The Kier molecular flexibility index (Phi) is 4.62. The minimum atomic E-state index is 0.0956. The highest BCUT2D eigenvalue weighted by molar-refractivity contribution is 9.10. The van der Waals surface area contributed by atoms with Crippen LogP contribution in [0.1, 0.15) is 42.1 Å². The zero-order chi connectivity index (χ0) is 17.2. The van der Waals surface area contributed by atoms with Gasteiger partial charge in [-0.3, -0.25) is 4.79 Å². The molecule has 1 amide bonds. The van der Waals surface area contributed by atoms with Gasteiger partial charge in [-0.1, -0.05) is 46.3 Å². The molecule has 0 fully saturated rings. The molecule has 4 heteroatoms. The van der Waals surface area contributed by atoms with E-state index in [1.807, 2.05) is 18.2 Å². The largest absolute Gasteiger partial charge is 0.356 e. The zero-order valence-electron chi connectivity index (χ0n) is 14.0. The van der Waals surface area contributed by atoms with Crippen molar-refractivity contribution >= 4 is 32.7 Å². The summed E-state index contributed by atoms with van der Waals surface area (Å²) in [4.78, 5) is 16.0. The highest BCUT2D eigenvalue weighted by Crippen LogP contribution is 2.35. The number of halogens is 1. The summed E-state index contributed by atoms with van der Waals surface area (Å²) in [5.41, 5.74) is 4.90. The third kappa shape index (κ3) is 3.49. The van der Waals surface area contributed by atoms with Gasteiger partial charge in [-0.2, -0.15) is 0 Å². The maximum atomic E-state index is 12.4. The minimum absolute atomic E-state index is 0.0956. The van der Waals surface area contributed by atoms with Crippen LogP contribution in [0.15, 0.2) is 53.0 Å². The van der Waals surface area contributed by atoms with E-state index >= 15 is 0 Å². The lowest BCUT2D eigenvalue weighted by atomic mass is 9.91. The van der Waals surface area contributed by atoms with Crippen LogP contribution in [-0.2, 0) is 17.6 Å². The highest BCUT2D eigenvalue weighted by atomic mass is 79.9. The fourth-order valence-electron chi connectivity index (χ4n) is 3.75. The molecule has 0 bridgehead atoms. The first kappa shape index (κ1) is 16.4. The number of rotatable bonds is 4. The van der Waals surface area contributed by atoms with Gasteiger partial charge in [-0.15, -0.1) is 0 Å². The summed E-state index contributed by atoms with van der Waals surface area (Å²) >= 11 is 3.56. The second-order valence-corrected chi connectivity index (χ2v) is 7.62. The Morgan fingerprint density at radius 2 is 2.04 bits per heavy atom. The summed E-state index contributed by atoms with van der Waals surface area (Å²) in [7, 11) is 0. The number of hydrogen-bond acceptors (Lipinski definition) is 1. The molecule has 2 aromatic carbocycles. The lowest BCUT2D eigenvalue weighted by molar-refractivity contribution is -0.121. The number of carbonyl (C=O) groups excluding carboxylic acids is 1. The molecule has 0 saturated heterocycles. The van der Waals surface area contributed by atoms with Gasteiger partial charge in [0.15, 0.2) is 0 Å². The van der Waals surface area contributed by atoms with Gasteiger partial charge >= 0.3 is 0 Å². The van der Waals surface area contributed by atoms with E-state index in [1.165, 1.54) is 22.2 Å². The van der Waals surface area contributed by atoms with Gasteiger partial charge in [0.25, 0.3) is 0 Å². The number of nitrogens with one attached hydrogen (secondary N) is 2. The van der Waals surface area contributed by atoms with Gasteiger partial charge in [-0.25, -0.2) is 0 Å². The van der Waals surface area contributed by atoms with Crippen LogP contribution < -0.4 is 5.32 Å². The number of aromatic nitrogens is 1. The van der Waals surface area contributed by atoms with E-state index in [4.69, 9.17) is 0 Å². The summed E-state index contributed by atoms with van der Waals surface area (Å²) in [6.45, 7) is 0. The highest BCUT2D eigenvalue weighted by Gasteiger charge is 2.25. The van der Waals surface area contributed by atoms with Gasteiger partial charge in [0.05, 0.1) is 6.04 Å². The summed E-state index contributed by atoms with van der Waals surface area (Å²) in [6, 6.07) is 16.6. The third-order valence-corrected chi connectivity index (χ3v) is 5.48. The van der Waals surface area contributed by atoms with Crippen LogP contribution in [0.4, 0.5) is 0 Å². The molecule has 25 heavy (non-hydrogen) atoms. The lowest BCUT2D eigenvalue weighted by Crippen LogP contribution is -2.31. The van der Waals surface area contributed by atoms with Crippen molar-refractivity contribution in [3.8, 4) is 0 Å². The molecular formula is C21H21BrN2O. The van der Waals surface area contributed by atoms with Crippen molar-refractivity contribution in [2.45, 2.75) is 38.1 Å². The van der Waals surface area contributed by atoms with Crippen LogP contribution in [0.3, 0.4) is 0 Å². The monoisotopic (exact) mass is 396 g/mol. The summed E-state index contributed by atoms with van der Waals surface area (Å²) in [6.07, 6.45) is 4.49. The topological polar surface area (TPSA) is 44.9 Å². The predicted octanol–water partition coefficient (Wildman–Crippen LogP) is 5.06. The zero-order valence-corrected chi connectivity index (χ0v) is 15.6. The first-order valence-corrected chi connectivity index (χ1v) is 9.63. The van der Waals surface area contributed by atoms with Gasteiger partial charge in [0.1, 0.15) is 0 Å². The summed E-state index contributed by atoms with van der Waals surface area (Å²) in [5.74, 6) is 0.126. The molecule has 3 aromatic rings. The second kappa shape index (κ2) is 7.04. The molecule has 2 N–H and O–H groups in total. The van der Waals surface area contributed by atoms with E-state index in [1.54, 1.807) is 0 Å². The molecule has 0 radical (unpaired) electrons. The Morgan fingerprint density at radius 3 is 2.88 bits per heavy atom. The molecule has 0 aliphatic heterocycles. The van der Waals surface area contributed by atoms with Crippen molar-refractivity contribution in [3.63, 3.8) is 0 Å². The minimum Gasteiger partial charge on any atom is -0.356 e. The van der Waals surface area contributed by atoms with Crippen molar-refractivity contribution in [1.82, 2.24) is 10.3 Å². The molecular weight excluding hydrogens is 376 g/mol. The average molecular weight is 397 g/mol. The van der Waals surface area contributed by atoms with Crippen LogP contribution in [0, 0.1) is 0 Å². The maximum absolute atomic E-state index is 12.4. The molecule has 1 unspecified atom stereocenters. The number of fused-ring (bicyclic) bond motifs is 3. The fourth-order valence-corrected chi connectivity index (χ4v) is 4.11. The molecule has 3 nitrogen and oxygen atoms in total. The summed E-state index contributed by atoms with van der Waals surface area (Å²) in [5, 5.41) is 4.51. The Bertz CT molecular complexity index is 901. The number of aryl methyl sites for hydroxylation is 2. The second-order valence-electron chi connectivity index (χ2n) is 6.71. The Morgan fingerprint density at radius 1 is 1.20 bits per heavy atom. The Labute approximate surface area is 156 Å². The standard InChI is InChI=1S/C21H21BrN2O/c22-15-10-11-18-17(13-15)16-7-4-8-19(21(16)24-18)23-20(25)12-9-14-5-2-1-3-6-14/h1-3,5-6,10-11,13,19,24H,4,7-9,12H2,(H,23,25). The van der Waals surface area contributed by atoms with Gasteiger partial charge in [0.2, 0.25) is 5.91 Å². The van der Waals surface area contributed by atoms with E-state index in [0.29, 0.717) is 6.42 Å². The lowest BCUT2D eigenvalue weighted by Gasteiger charge is -2.24. The molecule has 0 saturated carbocycles. The number of H-pyrrole nitrogens is 1. The number of benzene rings is 2. The van der Waals surface area contributed by atoms with Crippen LogP contribution >= 0.6 is 15.9 Å². The van der Waals surface area contributed by atoms with Crippen LogP contribution in [-0.4, -0.2) is 10.9 Å². The van der Waals surface area contributed by atoms with E-state index in [2.05, 4.69) is 56.6 Å². The molecule has 1 aromatic heterocycles. The SMILES string of the molecule is O=C(CCc1ccccc1)NC1CCCc2c1[nH]c1ccc(Br)cc21. The van der Waals surface area contributed by atoms with E-state index < -0.39 is 0 Å². The smallest absolute Gasteiger partial charge is 0.220 e. The van der Waals surface area contributed by atoms with Crippen LogP contribution in [0.5, 0.6) is 0 Å². The van der Waals surface area contributed by atoms with Gasteiger partial charge in [-0.05, 0) is 55.0 Å². The maximum Gasteiger partial charge on any atom is 0.220 e. The Balaban J connectivity index is 1.49. The molecule has 128 valence electrons. The first-order chi connectivity index (χ1) is 12.2. The van der Waals surface area contributed by atoms with E-state index in [0.717, 1.165) is 35.7 Å². The normalized spacial score (nSPS) is 16.6. The number of aromatic amines is 1. The number of hydrogen-bond donors (Lipinski definition) is 2. The van der Waals surface area contributed by atoms with Crippen LogP contribution in [0.2, 0.25) is 0 Å². The van der Waals surface area contributed by atoms with Crippen molar-refractivity contribution in [3.05, 3.63) is 69.8 Å². The summed E-state index contributed by atoms with van der Waals surface area (Å²) < 4.78 is 1.09. The molecule has 1 aliphatic carbocycles. The van der Waals surface area contributed by atoms with Crippen molar-refractivity contribution in [2.75, 3.05) is 0 Å². The predicted molar refractivity (Wildman–Crippen MR) is 105 cm³/mol. The molecule has 1 aliphatic rings. The number of carbonyl (C=O) groups is 1.